The zero-order valence-corrected chi connectivity index (χ0v) is 15.0. The summed E-state index contributed by atoms with van der Waals surface area (Å²) in [5.41, 5.74) is 5.15. The first kappa shape index (κ1) is 18.4. The highest BCUT2D eigenvalue weighted by Crippen LogP contribution is 2.31. The van der Waals surface area contributed by atoms with Gasteiger partial charge in [-0.15, -0.1) is 0 Å². The summed E-state index contributed by atoms with van der Waals surface area (Å²) in [5, 5.41) is 3.19. The van der Waals surface area contributed by atoms with Gasteiger partial charge in [-0.2, -0.15) is 4.31 Å². The van der Waals surface area contributed by atoms with Crippen LogP contribution in [0.1, 0.15) is 27.8 Å². The Bertz CT molecular complexity index is 607. The summed E-state index contributed by atoms with van der Waals surface area (Å²) in [6.07, 6.45) is 0. The second-order valence-electron chi connectivity index (χ2n) is 5.61. The van der Waals surface area contributed by atoms with E-state index < -0.39 is 10.0 Å². The first-order valence-electron chi connectivity index (χ1n) is 7.06. The molecule has 1 aromatic rings. The minimum Gasteiger partial charge on any atom is -1.00 e. The van der Waals surface area contributed by atoms with Gasteiger partial charge in [0.15, 0.2) is 0 Å². The lowest BCUT2D eigenvalue weighted by Crippen LogP contribution is -3.00. The van der Waals surface area contributed by atoms with Crippen molar-refractivity contribution in [1.82, 2.24) is 9.62 Å². The Kier molecular flexibility index (Phi) is 5.83. The summed E-state index contributed by atoms with van der Waals surface area (Å²) in [5.74, 6) is 0. The normalized spacial score (nSPS) is 16.6. The second-order valence-corrected chi connectivity index (χ2v) is 7.48. The number of nitrogens with one attached hydrogen (secondary N) is 1. The lowest BCUT2D eigenvalue weighted by Gasteiger charge is -2.29. The van der Waals surface area contributed by atoms with E-state index in [0.717, 1.165) is 35.3 Å². The Morgan fingerprint density at radius 1 is 0.810 bits per heavy atom. The van der Waals surface area contributed by atoms with Crippen LogP contribution < -0.4 is 17.7 Å². The fourth-order valence-corrected chi connectivity index (χ4v) is 4.87. The Balaban J connectivity index is 0.00000220. The molecule has 0 saturated carbocycles. The molecule has 1 saturated heterocycles. The minimum atomic E-state index is -3.39. The molecule has 6 heteroatoms. The fraction of sp³-hybridized carbons (Fsp3) is 0.600. The quantitative estimate of drug-likeness (QED) is 0.743. The molecular weight excluding hydrogens is 308 g/mol. The van der Waals surface area contributed by atoms with Gasteiger partial charge in [0.25, 0.3) is 0 Å². The molecule has 0 aliphatic carbocycles. The van der Waals surface area contributed by atoms with Crippen molar-refractivity contribution < 1.29 is 20.8 Å². The number of hydrogen-bond donors (Lipinski definition) is 1. The number of hydrogen-bond acceptors (Lipinski definition) is 3. The molecule has 1 aromatic carbocycles. The topological polar surface area (TPSA) is 49.4 Å². The number of benzene rings is 1. The van der Waals surface area contributed by atoms with Gasteiger partial charge in [-0.05, 0) is 62.4 Å². The molecule has 0 atom stereocenters. The summed E-state index contributed by atoms with van der Waals surface area (Å²) in [6.45, 7) is 12.5. The zero-order chi connectivity index (χ0) is 15.1. The predicted molar refractivity (Wildman–Crippen MR) is 81.8 cm³/mol. The molecule has 0 aromatic heterocycles. The van der Waals surface area contributed by atoms with Crippen molar-refractivity contribution in [3.63, 3.8) is 0 Å². The van der Waals surface area contributed by atoms with Crippen LogP contribution in [0.5, 0.6) is 0 Å². The maximum atomic E-state index is 12.9. The second kappa shape index (κ2) is 6.65. The van der Waals surface area contributed by atoms with Gasteiger partial charge in [0, 0.05) is 26.2 Å². The molecule has 1 aliphatic rings. The molecular formula is C15H24ClN2O2S-. The Hall–Kier alpha value is -0.620. The lowest BCUT2D eigenvalue weighted by atomic mass is 9.95. The molecule has 1 fully saturated rings. The third-order valence-electron chi connectivity index (χ3n) is 4.61. The van der Waals surface area contributed by atoms with Gasteiger partial charge in [0.2, 0.25) is 10.0 Å². The first-order valence-corrected chi connectivity index (χ1v) is 8.50. The van der Waals surface area contributed by atoms with Crippen LogP contribution >= 0.6 is 0 Å². The molecule has 0 radical (unpaired) electrons. The fourth-order valence-electron chi connectivity index (χ4n) is 2.87. The highest BCUT2D eigenvalue weighted by molar-refractivity contribution is 7.89. The number of halogens is 1. The van der Waals surface area contributed by atoms with E-state index in [0.29, 0.717) is 18.0 Å². The van der Waals surface area contributed by atoms with Crippen molar-refractivity contribution in [2.45, 2.75) is 39.5 Å². The number of sulfonamides is 1. The van der Waals surface area contributed by atoms with Gasteiger partial charge in [0.1, 0.15) is 0 Å². The molecule has 21 heavy (non-hydrogen) atoms. The summed E-state index contributed by atoms with van der Waals surface area (Å²) in [7, 11) is -3.39. The van der Waals surface area contributed by atoms with E-state index in [9.17, 15) is 8.42 Å². The predicted octanol–water partition coefficient (Wildman–Crippen LogP) is -1.17. The van der Waals surface area contributed by atoms with Crippen LogP contribution in [0.3, 0.4) is 0 Å². The van der Waals surface area contributed by atoms with Gasteiger partial charge < -0.3 is 17.7 Å². The third-order valence-corrected chi connectivity index (χ3v) is 6.78. The molecule has 4 nitrogen and oxygen atoms in total. The Labute approximate surface area is 134 Å². The molecule has 0 spiro atoms. The molecule has 1 N–H and O–H groups in total. The van der Waals surface area contributed by atoms with Gasteiger partial charge in [-0.25, -0.2) is 8.42 Å². The molecule has 1 heterocycles. The van der Waals surface area contributed by atoms with E-state index in [-0.39, 0.29) is 12.4 Å². The van der Waals surface area contributed by atoms with Crippen LogP contribution in [0.4, 0.5) is 0 Å². The van der Waals surface area contributed by atoms with Gasteiger partial charge in [-0.1, -0.05) is 0 Å². The van der Waals surface area contributed by atoms with E-state index >= 15 is 0 Å². The molecule has 0 amide bonds. The van der Waals surface area contributed by atoms with Crippen molar-refractivity contribution in [2.24, 2.45) is 0 Å². The maximum absolute atomic E-state index is 12.9. The van der Waals surface area contributed by atoms with E-state index in [1.165, 1.54) is 5.56 Å². The summed E-state index contributed by atoms with van der Waals surface area (Å²) in [4.78, 5) is 0.514. The summed E-state index contributed by atoms with van der Waals surface area (Å²) >= 11 is 0. The zero-order valence-electron chi connectivity index (χ0n) is 13.4. The van der Waals surface area contributed by atoms with E-state index in [1.54, 1.807) is 4.31 Å². The monoisotopic (exact) mass is 331 g/mol. The van der Waals surface area contributed by atoms with Gasteiger partial charge in [0.05, 0.1) is 4.90 Å². The van der Waals surface area contributed by atoms with Crippen LogP contribution in [0.2, 0.25) is 0 Å². The third kappa shape index (κ3) is 3.11. The number of rotatable bonds is 2. The van der Waals surface area contributed by atoms with Crippen LogP contribution in [-0.4, -0.2) is 38.9 Å². The average Bonchev–Trinajstić information content (AvgIpc) is 2.44. The molecule has 120 valence electrons. The van der Waals surface area contributed by atoms with E-state index in [4.69, 9.17) is 0 Å². The van der Waals surface area contributed by atoms with Crippen LogP contribution in [0, 0.1) is 34.6 Å². The highest BCUT2D eigenvalue weighted by Gasteiger charge is 2.30. The summed E-state index contributed by atoms with van der Waals surface area (Å²) < 4.78 is 27.5. The number of piperazine rings is 1. The smallest absolute Gasteiger partial charge is 0.243 e. The average molecular weight is 332 g/mol. The largest absolute Gasteiger partial charge is 1.00 e. The van der Waals surface area contributed by atoms with Crippen molar-refractivity contribution in [3.05, 3.63) is 27.8 Å². The standard InChI is InChI=1S/C15H24N2O2S.ClH/c1-10-11(2)13(4)15(14(5)12(10)3)20(18,19)17-8-6-16-7-9-17;/h16H,6-9H2,1-5H3;1H/p-1. The molecule has 0 unspecified atom stereocenters. The van der Waals surface area contributed by atoms with Crippen LogP contribution in [0.25, 0.3) is 0 Å². The molecule has 2 rings (SSSR count). The van der Waals surface area contributed by atoms with Crippen molar-refractivity contribution in [1.29, 1.82) is 0 Å². The van der Waals surface area contributed by atoms with Crippen LogP contribution in [-0.2, 0) is 10.0 Å². The Morgan fingerprint density at radius 3 is 1.62 bits per heavy atom. The van der Waals surface area contributed by atoms with E-state index in [1.807, 2.05) is 27.7 Å². The van der Waals surface area contributed by atoms with Crippen LogP contribution in [0.15, 0.2) is 4.90 Å². The lowest BCUT2D eigenvalue weighted by molar-refractivity contribution is -0.00000710. The SMILES string of the molecule is Cc1c(C)c(C)c(S(=O)(=O)N2CCNCC2)c(C)c1C.[Cl-]. The number of nitrogens with zero attached hydrogens (tertiary/aromatic N) is 1. The van der Waals surface area contributed by atoms with Crippen molar-refractivity contribution in [3.8, 4) is 0 Å². The minimum absolute atomic E-state index is 0. The summed E-state index contributed by atoms with van der Waals surface area (Å²) in [6, 6.07) is 0. The molecule has 1 aliphatic heterocycles. The maximum Gasteiger partial charge on any atom is 0.243 e. The van der Waals surface area contributed by atoms with Gasteiger partial charge in [-0.3, -0.25) is 0 Å². The van der Waals surface area contributed by atoms with E-state index in [2.05, 4.69) is 12.2 Å². The highest BCUT2D eigenvalue weighted by atomic mass is 35.5. The van der Waals surface area contributed by atoms with Crippen molar-refractivity contribution >= 4 is 10.0 Å². The molecule has 0 bridgehead atoms. The van der Waals surface area contributed by atoms with Crippen molar-refractivity contribution in [2.75, 3.05) is 26.2 Å². The first-order chi connectivity index (χ1) is 9.28. The van der Waals surface area contributed by atoms with Gasteiger partial charge >= 0.3 is 0 Å². The Morgan fingerprint density at radius 2 is 1.19 bits per heavy atom.